The molecule has 1 atom stereocenters. The fourth-order valence-corrected chi connectivity index (χ4v) is 3.61. The van der Waals surface area contributed by atoms with Crippen LogP contribution in [0.3, 0.4) is 0 Å². The van der Waals surface area contributed by atoms with Gasteiger partial charge in [-0.25, -0.2) is 4.98 Å². The van der Waals surface area contributed by atoms with Gasteiger partial charge in [0.05, 0.1) is 17.2 Å². The number of nitrogens with zero attached hydrogens (tertiary/aromatic N) is 2. The van der Waals surface area contributed by atoms with E-state index in [9.17, 15) is 0 Å². The van der Waals surface area contributed by atoms with Gasteiger partial charge in [-0.15, -0.1) is 11.3 Å². The van der Waals surface area contributed by atoms with E-state index in [0.717, 1.165) is 26.1 Å². The maximum atomic E-state index is 5.78. The first kappa shape index (κ1) is 14.9. The Balaban J connectivity index is 1.97. The van der Waals surface area contributed by atoms with Crippen LogP contribution in [0.25, 0.3) is 0 Å². The van der Waals surface area contributed by atoms with Crippen molar-refractivity contribution in [1.82, 2.24) is 9.88 Å². The number of thiazole rings is 1. The quantitative estimate of drug-likeness (QED) is 0.871. The Morgan fingerprint density at radius 3 is 2.89 bits per heavy atom. The molecule has 1 aliphatic heterocycles. The van der Waals surface area contributed by atoms with Crippen molar-refractivity contribution in [2.75, 3.05) is 13.1 Å². The SMILES string of the molecule is CC(C)(C)c1csc(CN2CCCC(C(N)=S)C2)n1. The van der Waals surface area contributed by atoms with Crippen LogP contribution in [0.5, 0.6) is 0 Å². The smallest absolute Gasteiger partial charge is 0.107 e. The van der Waals surface area contributed by atoms with E-state index in [1.165, 1.54) is 17.1 Å². The van der Waals surface area contributed by atoms with Crippen LogP contribution in [0.2, 0.25) is 0 Å². The summed E-state index contributed by atoms with van der Waals surface area (Å²) in [6.07, 6.45) is 2.32. The molecule has 0 saturated carbocycles. The number of thiocarbonyl (C=S) groups is 1. The third-order valence-electron chi connectivity index (χ3n) is 3.59. The van der Waals surface area contributed by atoms with Crippen molar-refractivity contribution in [3.63, 3.8) is 0 Å². The van der Waals surface area contributed by atoms with Crippen molar-refractivity contribution < 1.29 is 0 Å². The summed E-state index contributed by atoms with van der Waals surface area (Å²) in [5.74, 6) is 0.380. The molecule has 2 N–H and O–H groups in total. The maximum Gasteiger partial charge on any atom is 0.107 e. The summed E-state index contributed by atoms with van der Waals surface area (Å²) in [6, 6.07) is 0. The highest BCUT2D eigenvalue weighted by molar-refractivity contribution is 7.80. The number of hydrogen-bond acceptors (Lipinski definition) is 4. The van der Waals surface area contributed by atoms with Crippen LogP contribution in [0.1, 0.15) is 44.3 Å². The molecule has 1 fully saturated rings. The minimum atomic E-state index is 0.137. The maximum absolute atomic E-state index is 5.78. The van der Waals surface area contributed by atoms with E-state index < -0.39 is 0 Å². The Hall–Kier alpha value is -0.520. The van der Waals surface area contributed by atoms with E-state index in [0.29, 0.717) is 10.9 Å². The molecule has 2 heterocycles. The van der Waals surface area contributed by atoms with Crippen molar-refractivity contribution in [2.24, 2.45) is 11.7 Å². The zero-order valence-corrected chi connectivity index (χ0v) is 13.6. The number of piperidine rings is 1. The zero-order valence-electron chi connectivity index (χ0n) is 12.0. The predicted molar refractivity (Wildman–Crippen MR) is 85.6 cm³/mol. The Bertz CT molecular complexity index is 448. The van der Waals surface area contributed by atoms with Gasteiger partial charge < -0.3 is 5.73 Å². The summed E-state index contributed by atoms with van der Waals surface area (Å²) in [7, 11) is 0. The summed E-state index contributed by atoms with van der Waals surface area (Å²) in [4.78, 5) is 7.85. The molecular formula is C14H23N3S2. The lowest BCUT2D eigenvalue weighted by Crippen LogP contribution is -2.40. The minimum absolute atomic E-state index is 0.137. The van der Waals surface area contributed by atoms with Crippen molar-refractivity contribution in [1.29, 1.82) is 0 Å². The monoisotopic (exact) mass is 297 g/mol. The lowest BCUT2D eigenvalue weighted by atomic mass is 9.93. The standard InChI is InChI=1S/C14H23N3S2/c1-14(2,3)11-9-19-12(16-11)8-17-6-4-5-10(7-17)13(15)18/h9-10H,4-8H2,1-3H3,(H2,15,18). The van der Waals surface area contributed by atoms with Crippen LogP contribution in [0, 0.1) is 5.92 Å². The third-order valence-corrected chi connectivity index (χ3v) is 4.75. The molecule has 0 spiro atoms. The van der Waals surface area contributed by atoms with E-state index >= 15 is 0 Å². The Morgan fingerprint density at radius 2 is 2.32 bits per heavy atom. The number of hydrogen-bond donors (Lipinski definition) is 1. The van der Waals surface area contributed by atoms with Gasteiger partial charge in [0.15, 0.2) is 0 Å². The van der Waals surface area contributed by atoms with E-state index in [1.54, 1.807) is 11.3 Å². The second-order valence-electron chi connectivity index (χ2n) is 6.35. The van der Waals surface area contributed by atoms with Crippen LogP contribution in [-0.4, -0.2) is 28.0 Å². The van der Waals surface area contributed by atoms with Crippen LogP contribution >= 0.6 is 23.6 Å². The molecule has 0 aromatic carbocycles. The van der Waals surface area contributed by atoms with Crippen molar-refractivity contribution in [3.8, 4) is 0 Å². The molecule has 1 saturated heterocycles. The largest absolute Gasteiger partial charge is 0.393 e. The van der Waals surface area contributed by atoms with Gasteiger partial charge in [-0.3, -0.25) is 4.90 Å². The number of rotatable bonds is 3. The first-order valence-corrected chi connectivity index (χ1v) is 8.11. The summed E-state index contributed by atoms with van der Waals surface area (Å²) < 4.78 is 0. The minimum Gasteiger partial charge on any atom is -0.393 e. The van der Waals surface area contributed by atoms with Gasteiger partial charge in [0.25, 0.3) is 0 Å². The molecule has 106 valence electrons. The van der Waals surface area contributed by atoms with Crippen LogP contribution in [-0.2, 0) is 12.0 Å². The van der Waals surface area contributed by atoms with Crippen molar-refractivity contribution in [2.45, 2.75) is 45.6 Å². The predicted octanol–water partition coefficient (Wildman–Crippen LogP) is 2.94. The first-order chi connectivity index (χ1) is 8.86. The average molecular weight is 297 g/mol. The van der Waals surface area contributed by atoms with Gasteiger partial charge in [0, 0.05) is 23.3 Å². The second kappa shape index (κ2) is 5.85. The van der Waals surface area contributed by atoms with Gasteiger partial charge in [0.1, 0.15) is 5.01 Å². The van der Waals surface area contributed by atoms with Crippen LogP contribution in [0.15, 0.2) is 5.38 Å². The Morgan fingerprint density at radius 1 is 1.58 bits per heavy atom. The Labute approximate surface area is 125 Å². The van der Waals surface area contributed by atoms with Gasteiger partial charge >= 0.3 is 0 Å². The molecule has 1 aromatic heterocycles. The zero-order chi connectivity index (χ0) is 14.0. The molecule has 3 nitrogen and oxygen atoms in total. The van der Waals surface area contributed by atoms with E-state index in [2.05, 4.69) is 31.1 Å². The van der Waals surface area contributed by atoms with Crippen LogP contribution in [0.4, 0.5) is 0 Å². The normalized spacial score (nSPS) is 21.5. The molecule has 2 rings (SSSR count). The molecule has 1 unspecified atom stereocenters. The van der Waals surface area contributed by atoms with Crippen LogP contribution < -0.4 is 5.73 Å². The highest BCUT2D eigenvalue weighted by Gasteiger charge is 2.23. The lowest BCUT2D eigenvalue weighted by Gasteiger charge is -2.31. The molecule has 1 aromatic rings. The van der Waals surface area contributed by atoms with E-state index in [-0.39, 0.29) is 5.41 Å². The number of likely N-dealkylation sites (tertiary alicyclic amines) is 1. The topological polar surface area (TPSA) is 42.1 Å². The fraction of sp³-hybridized carbons (Fsp3) is 0.714. The molecule has 0 aliphatic carbocycles. The van der Waals surface area contributed by atoms with Crippen molar-refractivity contribution >= 4 is 28.5 Å². The molecule has 0 bridgehead atoms. The number of aromatic nitrogens is 1. The molecule has 1 aliphatic rings. The fourth-order valence-electron chi connectivity index (χ4n) is 2.35. The average Bonchev–Trinajstić information content (AvgIpc) is 2.77. The second-order valence-corrected chi connectivity index (χ2v) is 7.77. The first-order valence-electron chi connectivity index (χ1n) is 6.83. The summed E-state index contributed by atoms with van der Waals surface area (Å²) in [5.41, 5.74) is 7.10. The molecule has 0 amide bonds. The van der Waals surface area contributed by atoms with Gasteiger partial charge in [-0.2, -0.15) is 0 Å². The highest BCUT2D eigenvalue weighted by atomic mass is 32.1. The van der Waals surface area contributed by atoms with Gasteiger partial charge in [-0.1, -0.05) is 33.0 Å². The summed E-state index contributed by atoms with van der Waals surface area (Å²) in [6.45, 7) is 9.66. The molecular weight excluding hydrogens is 274 g/mol. The van der Waals surface area contributed by atoms with Gasteiger partial charge in [-0.05, 0) is 19.4 Å². The number of nitrogens with two attached hydrogens (primary N) is 1. The molecule has 0 radical (unpaired) electrons. The molecule has 19 heavy (non-hydrogen) atoms. The van der Waals surface area contributed by atoms with Gasteiger partial charge in [0.2, 0.25) is 0 Å². The van der Waals surface area contributed by atoms with Crippen molar-refractivity contribution in [3.05, 3.63) is 16.1 Å². The Kier molecular flexibility index (Phi) is 4.58. The van der Waals surface area contributed by atoms with E-state index in [1.807, 2.05) is 0 Å². The highest BCUT2D eigenvalue weighted by Crippen LogP contribution is 2.25. The lowest BCUT2D eigenvalue weighted by molar-refractivity contribution is 0.197. The third kappa shape index (κ3) is 3.97. The summed E-state index contributed by atoms with van der Waals surface area (Å²) >= 11 is 6.89. The molecule has 5 heteroatoms. The summed E-state index contributed by atoms with van der Waals surface area (Å²) in [5, 5.41) is 3.39. The van der Waals surface area contributed by atoms with E-state index in [4.69, 9.17) is 22.9 Å².